The van der Waals surface area contributed by atoms with Gasteiger partial charge in [-0.3, -0.25) is 9.52 Å². The molecule has 0 saturated carbocycles. The van der Waals surface area contributed by atoms with Gasteiger partial charge in [0, 0.05) is 11.4 Å². The summed E-state index contributed by atoms with van der Waals surface area (Å²) in [5.74, 6) is 0.270. The van der Waals surface area contributed by atoms with Crippen molar-refractivity contribution in [2.75, 3.05) is 10.0 Å². The third kappa shape index (κ3) is 5.28. The molecule has 7 nitrogen and oxygen atoms in total. The third-order valence-electron chi connectivity index (χ3n) is 4.17. The zero-order valence-corrected chi connectivity index (χ0v) is 17.9. The number of carbonyl (C=O) groups is 1. The van der Waals surface area contributed by atoms with Crippen LogP contribution in [0.5, 0.6) is 0 Å². The lowest BCUT2D eigenvalue weighted by Crippen LogP contribution is -2.12. The minimum atomic E-state index is -3.74. The smallest absolute Gasteiger partial charge is 0.261 e. The summed E-state index contributed by atoms with van der Waals surface area (Å²) in [7, 11) is -3.74. The number of carbonyl (C=O) groups excluding carboxylic acids is 1. The van der Waals surface area contributed by atoms with Gasteiger partial charge in [-0.1, -0.05) is 48.0 Å². The van der Waals surface area contributed by atoms with E-state index in [9.17, 15) is 13.2 Å². The van der Waals surface area contributed by atoms with Gasteiger partial charge in [0.15, 0.2) is 5.76 Å². The molecule has 1 amide bonds. The van der Waals surface area contributed by atoms with Crippen molar-refractivity contribution in [1.29, 1.82) is 0 Å². The average Bonchev–Trinajstić information content (AvgIpc) is 3.05. The number of rotatable bonds is 7. The van der Waals surface area contributed by atoms with Crippen molar-refractivity contribution in [3.63, 3.8) is 0 Å². The molecule has 0 radical (unpaired) electrons. The first-order valence-corrected chi connectivity index (χ1v) is 11.0. The van der Waals surface area contributed by atoms with E-state index >= 15 is 0 Å². The minimum Gasteiger partial charge on any atom is -0.354 e. The van der Waals surface area contributed by atoms with E-state index < -0.39 is 10.0 Å². The Kier molecular flexibility index (Phi) is 6.59. The second-order valence-corrected chi connectivity index (χ2v) is 8.55. The third-order valence-corrected chi connectivity index (χ3v) is 5.80. The second kappa shape index (κ2) is 9.15. The Labute approximate surface area is 179 Å². The van der Waals surface area contributed by atoms with Crippen LogP contribution >= 0.6 is 11.6 Å². The first-order chi connectivity index (χ1) is 14.3. The highest BCUT2D eigenvalue weighted by Gasteiger charge is 2.15. The fourth-order valence-corrected chi connectivity index (χ4v) is 3.82. The van der Waals surface area contributed by atoms with E-state index in [2.05, 4.69) is 15.2 Å². The van der Waals surface area contributed by atoms with Gasteiger partial charge in [0.25, 0.3) is 10.0 Å². The van der Waals surface area contributed by atoms with Crippen LogP contribution in [0.25, 0.3) is 12.2 Å². The van der Waals surface area contributed by atoms with Gasteiger partial charge >= 0.3 is 0 Å². The molecule has 1 aromatic heterocycles. The van der Waals surface area contributed by atoms with Gasteiger partial charge in [-0.2, -0.15) is 0 Å². The number of hydrogen-bond acceptors (Lipinski definition) is 5. The van der Waals surface area contributed by atoms with Gasteiger partial charge in [0.1, 0.15) is 11.4 Å². The van der Waals surface area contributed by atoms with E-state index in [1.165, 1.54) is 18.2 Å². The molecule has 0 aliphatic carbocycles. The van der Waals surface area contributed by atoms with Crippen LogP contribution in [0.2, 0.25) is 5.02 Å². The first-order valence-electron chi connectivity index (χ1n) is 9.11. The lowest BCUT2D eigenvalue weighted by Gasteiger charge is -2.08. The summed E-state index contributed by atoms with van der Waals surface area (Å²) in [5, 5.41) is 7.07. The number of anilines is 2. The number of aromatic nitrogens is 1. The molecule has 0 unspecified atom stereocenters. The number of hydrogen-bond donors (Lipinski definition) is 2. The van der Waals surface area contributed by atoms with Crippen molar-refractivity contribution in [1.82, 2.24) is 5.16 Å². The molecular weight excluding hydrogens is 426 g/mol. The Morgan fingerprint density at radius 2 is 1.90 bits per heavy atom. The lowest BCUT2D eigenvalue weighted by molar-refractivity contribution is -0.115. The van der Waals surface area contributed by atoms with Crippen LogP contribution in [0.4, 0.5) is 11.4 Å². The summed E-state index contributed by atoms with van der Waals surface area (Å²) < 4.78 is 32.8. The van der Waals surface area contributed by atoms with Crippen molar-refractivity contribution in [3.8, 4) is 0 Å². The quantitative estimate of drug-likeness (QED) is 0.535. The fourth-order valence-electron chi connectivity index (χ4n) is 2.58. The molecular formula is C21H20ClN3O4S. The molecule has 0 spiro atoms. The largest absolute Gasteiger partial charge is 0.354 e. The van der Waals surface area contributed by atoms with Crippen molar-refractivity contribution >= 4 is 51.1 Å². The van der Waals surface area contributed by atoms with E-state index in [0.29, 0.717) is 34.3 Å². The minimum absolute atomic E-state index is 0.117. The molecule has 0 atom stereocenters. The molecule has 30 heavy (non-hydrogen) atoms. The normalized spacial score (nSPS) is 11.6. The summed E-state index contributed by atoms with van der Waals surface area (Å²) in [5.41, 5.74) is 2.22. The first kappa shape index (κ1) is 21.6. The predicted octanol–water partition coefficient (Wildman–Crippen LogP) is 4.96. The van der Waals surface area contributed by atoms with Crippen molar-refractivity contribution in [3.05, 3.63) is 70.6 Å². The maximum atomic E-state index is 12.5. The van der Waals surface area contributed by atoms with Crippen molar-refractivity contribution < 1.29 is 17.7 Å². The molecule has 0 saturated heterocycles. The molecule has 0 fully saturated rings. The van der Waals surface area contributed by atoms with Crippen LogP contribution in [0, 0.1) is 6.92 Å². The summed E-state index contributed by atoms with van der Waals surface area (Å²) in [6, 6.07) is 12.8. The molecule has 0 aliphatic rings. The van der Waals surface area contributed by atoms with Crippen LogP contribution in [0.3, 0.4) is 0 Å². The van der Waals surface area contributed by atoms with Gasteiger partial charge in [0.05, 0.1) is 10.6 Å². The number of sulfonamides is 1. The average molecular weight is 446 g/mol. The molecule has 156 valence electrons. The summed E-state index contributed by atoms with van der Waals surface area (Å²) in [4.78, 5) is 11.8. The molecule has 0 bridgehead atoms. The van der Waals surface area contributed by atoms with Crippen LogP contribution < -0.4 is 10.0 Å². The Bertz CT molecular complexity index is 1190. The molecule has 2 aromatic carbocycles. The second-order valence-electron chi connectivity index (χ2n) is 6.43. The van der Waals surface area contributed by atoms with E-state index in [4.69, 9.17) is 16.1 Å². The number of amides is 1. The standard InChI is InChI=1S/C21H20ClN3O4S/c1-3-20(26)23-21-14(2)24-29-19(21)12-9-15-7-10-18(11-8-15)30(27,28)25-17-6-4-5-16(22)13-17/h4-13,25H,3H2,1-2H3,(H,23,26). The van der Waals surface area contributed by atoms with Gasteiger partial charge in [0.2, 0.25) is 5.91 Å². The van der Waals surface area contributed by atoms with Crippen LogP contribution in [-0.4, -0.2) is 19.5 Å². The highest BCUT2D eigenvalue weighted by atomic mass is 35.5. The molecule has 2 N–H and O–H groups in total. The van der Waals surface area contributed by atoms with Gasteiger partial charge in [-0.15, -0.1) is 0 Å². The summed E-state index contributed by atoms with van der Waals surface area (Å²) >= 11 is 5.90. The Morgan fingerprint density at radius 3 is 2.57 bits per heavy atom. The SMILES string of the molecule is CCC(=O)Nc1c(C)noc1C=Cc1ccc(S(=O)(=O)Nc2cccc(Cl)c2)cc1. The molecule has 1 heterocycles. The van der Waals surface area contributed by atoms with Crippen molar-refractivity contribution in [2.45, 2.75) is 25.2 Å². The number of nitrogens with one attached hydrogen (secondary N) is 2. The summed E-state index contributed by atoms with van der Waals surface area (Å²) in [6.07, 6.45) is 3.74. The Hall–Kier alpha value is -3.10. The molecule has 9 heteroatoms. The summed E-state index contributed by atoms with van der Waals surface area (Å²) in [6.45, 7) is 3.49. The monoisotopic (exact) mass is 445 g/mol. The number of nitrogens with zero attached hydrogens (tertiary/aromatic N) is 1. The van der Waals surface area contributed by atoms with E-state index in [0.717, 1.165) is 5.56 Å². The maximum absolute atomic E-state index is 12.5. The highest BCUT2D eigenvalue weighted by molar-refractivity contribution is 7.92. The van der Waals surface area contributed by atoms with Gasteiger partial charge in [-0.05, 0) is 48.9 Å². The van der Waals surface area contributed by atoms with E-state index in [1.54, 1.807) is 56.3 Å². The lowest BCUT2D eigenvalue weighted by atomic mass is 10.2. The van der Waals surface area contributed by atoms with Gasteiger partial charge in [-0.25, -0.2) is 8.42 Å². The van der Waals surface area contributed by atoms with Crippen LogP contribution in [-0.2, 0) is 14.8 Å². The fraction of sp³-hybridized carbons (Fsp3) is 0.143. The highest BCUT2D eigenvalue weighted by Crippen LogP contribution is 2.24. The number of halogens is 1. The Balaban J connectivity index is 1.75. The number of aryl methyl sites for hydroxylation is 1. The van der Waals surface area contributed by atoms with Crippen LogP contribution in [0.15, 0.2) is 57.9 Å². The van der Waals surface area contributed by atoms with E-state index in [-0.39, 0.29) is 10.8 Å². The zero-order chi connectivity index (χ0) is 21.7. The van der Waals surface area contributed by atoms with Gasteiger partial charge < -0.3 is 9.84 Å². The Morgan fingerprint density at radius 1 is 1.17 bits per heavy atom. The maximum Gasteiger partial charge on any atom is 0.261 e. The molecule has 3 rings (SSSR count). The molecule has 0 aliphatic heterocycles. The predicted molar refractivity (Wildman–Crippen MR) is 118 cm³/mol. The zero-order valence-electron chi connectivity index (χ0n) is 16.3. The molecule has 3 aromatic rings. The van der Waals surface area contributed by atoms with Crippen molar-refractivity contribution in [2.24, 2.45) is 0 Å². The topological polar surface area (TPSA) is 101 Å². The van der Waals surface area contributed by atoms with E-state index in [1.807, 2.05) is 0 Å². The van der Waals surface area contributed by atoms with Crippen LogP contribution in [0.1, 0.15) is 30.4 Å². The number of benzene rings is 2.